The lowest BCUT2D eigenvalue weighted by Gasteiger charge is -2.09. The van der Waals surface area contributed by atoms with Crippen LogP contribution in [0.15, 0.2) is 42.6 Å². The zero-order valence-corrected chi connectivity index (χ0v) is 10.4. The zero-order chi connectivity index (χ0) is 12.8. The topological polar surface area (TPSA) is 48.7 Å². The number of nitrogens with zero attached hydrogens (tertiary/aromatic N) is 2. The van der Waals surface area contributed by atoms with Gasteiger partial charge in [0.05, 0.1) is 11.6 Å². The predicted molar refractivity (Wildman–Crippen MR) is 72.3 cm³/mol. The second-order valence-corrected chi connectivity index (χ2v) is 4.14. The van der Waals surface area contributed by atoms with E-state index in [0.717, 1.165) is 29.9 Å². The van der Waals surface area contributed by atoms with Crippen LogP contribution in [0, 0.1) is 18.3 Å². The average molecular weight is 237 g/mol. The van der Waals surface area contributed by atoms with Crippen molar-refractivity contribution in [2.24, 2.45) is 0 Å². The highest BCUT2D eigenvalue weighted by atomic mass is 14.9. The smallest absolute Gasteiger partial charge is 0.0991 e. The normalized spacial score (nSPS) is 9.78. The van der Waals surface area contributed by atoms with Crippen LogP contribution in [-0.2, 0) is 6.42 Å². The Morgan fingerprint density at radius 1 is 1.28 bits per heavy atom. The minimum Gasteiger partial charge on any atom is -0.384 e. The zero-order valence-electron chi connectivity index (χ0n) is 10.4. The van der Waals surface area contributed by atoms with E-state index in [4.69, 9.17) is 5.26 Å². The lowest BCUT2D eigenvalue weighted by atomic mass is 10.1. The molecule has 0 radical (unpaired) electrons. The molecule has 0 spiro atoms. The van der Waals surface area contributed by atoms with Crippen molar-refractivity contribution >= 4 is 5.69 Å². The third kappa shape index (κ3) is 3.08. The number of nitriles is 1. The van der Waals surface area contributed by atoms with Crippen molar-refractivity contribution in [3.05, 3.63) is 59.4 Å². The van der Waals surface area contributed by atoms with Crippen LogP contribution in [-0.4, -0.2) is 11.5 Å². The number of benzene rings is 1. The second kappa shape index (κ2) is 5.83. The first-order chi connectivity index (χ1) is 8.79. The van der Waals surface area contributed by atoms with E-state index in [1.54, 1.807) is 0 Å². The molecular weight excluding hydrogens is 222 g/mol. The van der Waals surface area contributed by atoms with Crippen LogP contribution < -0.4 is 5.32 Å². The van der Waals surface area contributed by atoms with E-state index in [9.17, 15) is 0 Å². The molecule has 0 fully saturated rings. The minimum atomic E-state index is 0.697. The number of pyridine rings is 1. The SMILES string of the molecule is Cc1cc(C#N)ccc1NCCc1ccccn1. The Morgan fingerprint density at radius 3 is 2.83 bits per heavy atom. The summed E-state index contributed by atoms with van der Waals surface area (Å²) in [5.41, 5.74) is 3.94. The number of rotatable bonds is 4. The van der Waals surface area contributed by atoms with Gasteiger partial charge < -0.3 is 5.32 Å². The Morgan fingerprint density at radius 2 is 2.17 bits per heavy atom. The van der Waals surface area contributed by atoms with Crippen LogP contribution in [0.3, 0.4) is 0 Å². The number of nitrogens with one attached hydrogen (secondary N) is 1. The Kier molecular flexibility index (Phi) is 3.93. The highest BCUT2D eigenvalue weighted by molar-refractivity contribution is 5.54. The van der Waals surface area contributed by atoms with Crippen LogP contribution in [0.2, 0.25) is 0 Å². The fourth-order valence-corrected chi connectivity index (χ4v) is 1.80. The molecule has 0 saturated carbocycles. The molecule has 1 aromatic heterocycles. The molecule has 2 aromatic rings. The van der Waals surface area contributed by atoms with E-state index in [-0.39, 0.29) is 0 Å². The van der Waals surface area contributed by atoms with E-state index >= 15 is 0 Å². The summed E-state index contributed by atoms with van der Waals surface area (Å²) < 4.78 is 0. The molecule has 0 aliphatic carbocycles. The summed E-state index contributed by atoms with van der Waals surface area (Å²) in [6, 6.07) is 13.7. The van der Waals surface area contributed by atoms with Gasteiger partial charge in [0.2, 0.25) is 0 Å². The molecule has 1 heterocycles. The molecule has 0 aliphatic heterocycles. The van der Waals surface area contributed by atoms with Crippen molar-refractivity contribution in [3.8, 4) is 6.07 Å². The standard InChI is InChI=1S/C15H15N3/c1-12-10-13(11-16)5-6-15(12)18-9-7-14-4-2-3-8-17-14/h2-6,8,10,18H,7,9H2,1H3. The van der Waals surface area contributed by atoms with Gasteiger partial charge in [-0.1, -0.05) is 6.07 Å². The number of aromatic nitrogens is 1. The van der Waals surface area contributed by atoms with Crippen molar-refractivity contribution in [2.75, 3.05) is 11.9 Å². The molecule has 0 saturated heterocycles. The van der Waals surface area contributed by atoms with Gasteiger partial charge in [-0.2, -0.15) is 5.26 Å². The van der Waals surface area contributed by atoms with Gasteiger partial charge in [0, 0.05) is 30.5 Å². The first-order valence-corrected chi connectivity index (χ1v) is 5.94. The van der Waals surface area contributed by atoms with Gasteiger partial charge in [-0.3, -0.25) is 4.98 Å². The predicted octanol–water partition coefficient (Wildman–Crippen LogP) is 2.92. The van der Waals surface area contributed by atoms with Crippen molar-refractivity contribution in [3.63, 3.8) is 0 Å². The molecule has 3 heteroatoms. The van der Waals surface area contributed by atoms with Crippen molar-refractivity contribution in [2.45, 2.75) is 13.3 Å². The Labute approximate surface area is 107 Å². The average Bonchev–Trinajstić information content (AvgIpc) is 2.42. The highest BCUT2D eigenvalue weighted by Gasteiger charge is 1.99. The molecule has 0 amide bonds. The summed E-state index contributed by atoms with van der Waals surface area (Å²) in [7, 11) is 0. The van der Waals surface area contributed by atoms with Crippen molar-refractivity contribution in [1.82, 2.24) is 4.98 Å². The lowest BCUT2D eigenvalue weighted by Crippen LogP contribution is -2.07. The van der Waals surface area contributed by atoms with E-state index in [2.05, 4.69) is 16.4 Å². The van der Waals surface area contributed by atoms with Crippen molar-refractivity contribution < 1.29 is 0 Å². The molecule has 1 aromatic carbocycles. The van der Waals surface area contributed by atoms with Crippen LogP contribution in [0.5, 0.6) is 0 Å². The fourth-order valence-electron chi connectivity index (χ4n) is 1.80. The molecule has 0 aliphatic rings. The fraction of sp³-hybridized carbons (Fsp3) is 0.200. The van der Waals surface area contributed by atoms with Gasteiger partial charge in [-0.05, 0) is 42.8 Å². The number of hydrogen-bond donors (Lipinski definition) is 1. The largest absolute Gasteiger partial charge is 0.384 e. The maximum absolute atomic E-state index is 8.80. The number of anilines is 1. The summed E-state index contributed by atoms with van der Waals surface area (Å²) >= 11 is 0. The van der Waals surface area contributed by atoms with Gasteiger partial charge in [-0.25, -0.2) is 0 Å². The lowest BCUT2D eigenvalue weighted by molar-refractivity contribution is 0.960. The monoisotopic (exact) mass is 237 g/mol. The first-order valence-electron chi connectivity index (χ1n) is 5.94. The van der Waals surface area contributed by atoms with E-state index in [1.165, 1.54) is 0 Å². The summed E-state index contributed by atoms with van der Waals surface area (Å²) in [4.78, 5) is 4.28. The van der Waals surface area contributed by atoms with Gasteiger partial charge >= 0.3 is 0 Å². The summed E-state index contributed by atoms with van der Waals surface area (Å²) in [5.74, 6) is 0. The molecule has 2 rings (SSSR count). The molecule has 90 valence electrons. The second-order valence-electron chi connectivity index (χ2n) is 4.14. The van der Waals surface area contributed by atoms with Gasteiger partial charge in [0.25, 0.3) is 0 Å². The molecule has 0 bridgehead atoms. The van der Waals surface area contributed by atoms with E-state index < -0.39 is 0 Å². The van der Waals surface area contributed by atoms with Crippen LogP contribution >= 0.6 is 0 Å². The molecule has 18 heavy (non-hydrogen) atoms. The maximum Gasteiger partial charge on any atom is 0.0991 e. The van der Waals surface area contributed by atoms with Gasteiger partial charge in [0.1, 0.15) is 0 Å². The molecular formula is C15H15N3. The Bertz CT molecular complexity index is 556. The van der Waals surface area contributed by atoms with Crippen LogP contribution in [0.4, 0.5) is 5.69 Å². The summed E-state index contributed by atoms with van der Waals surface area (Å²) in [5, 5.41) is 12.2. The molecule has 1 N–H and O–H groups in total. The molecule has 0 unspecified atom stereocenters. The quantitative estimate of drug-likeness (QED) is 0.889. The number of aryl methyl sites for hydroxylation is 1. The summed E-state index contributed by atoms with van der Waals surface area (Å²) in [6.07, 6.45) is 2.70. The van der Waals surface area contributed by atoms with Crippen molar-refractivity contribution in [1.29, 1.82) is 5.26 Å². The molecule has 3 nitrogen and oxygen atoms in total. The van der Waals surface area contributed by atoms with Gasteiger partial charge in [0.15, 0.2) is 0 Å². The maximum atomic E-state index is 8.80. The third-order valence-electron chi connectivity index (χ3n) is 2.78. The van der Waals surface area contributed by atoms with E-state index in [0.29, 0.717) is 5.56 Å². The highest BCUT2D eigenvalue weighted by Crippen LogP contribution is 2.15. The Hall–Kier alpha value is -2.34. The Balaban J connectivity index is 1.93. The number of hydrogen-bond acceptors (Lipinski definition) is 3. The third-order valence-corrected chi connectivity index (χ3v) is 2.78. The van der Waals surface area contributed by atoms with E-state index in [1.807, 2.05) is 49.5 Å². The minimum absolute atomic E-state index is 0.697. The van der Waals surface area contributed by atoms with Crippen LogP contribution in [0.1, 0.15) is 16.8 Å². The first kappa shape index (κ1) is 12.1. The van der Waals surface area contributed by atoms with Crippen LogP contribution in [0.25, 0.3) is 0 Å². The van der Waals surface area contributed by atoms with Gasteiger partial charge in [-0.15, -0.1) is 0 Å². The summed E-state index contributed by atoms with van der Waals surface area (Å²) in [6.45, 7) is 2.84. The molecule has 0 atom stereocenters.